The molecule has 1 aromatic heterocycles. The first-order valence-electron chi connectivity index (χ1n) is 8.28. The smallest absolute Gasteiger partial charge is 0.349 e. The molecule has 2 rings (SSSR count). The number of nitrogens with one attached hydrogen (secondary N) is 2. The van der Waals surface area contributed by atoms with E-state index in [1.54, 1.807) is 0 Å². The highest BCUT2D eigenvalue weighted by atomic mass is 35.5. The Hall–Kier alpha value is -3.96. The van der Waals surface area contributed by atoms with Crippen LogP contribution in [0.3, 0.4) is 0 Å². The highest BCUT2D eigenvalue weighted by Crippen LogP contribution is 2.31. The van der Waals surface area contributed by atoms with Crippen LogP contribution in [0.15, 0.2) is 30.6 Å². The molecule has 11 nitrogen and oxygen atoms in total. The molecule has 0 bridgehead atoms. The lowest BCUT2D eigenvalue weighted by Gasteiger charge is -2.21. The number of benzene rings is 1. The first-order valence-corrected chi connectivity index (χ1v) is 8.66. The zero-order valence-corrected chi connectivity index (χ0v) is 15.8. The summed E-state index contributed by atoms with van der Waals surface area (Å²) in [5.74, 6) is -0.845. The zero-order chi connectivity index (χ0) is 21.2. The average molecular weight is 415 g/mol. The van der Waals surface area contributed by atoms with Gasteiger partial charge >= 0.3 is 5.69 Å². The van der Waals surface area contributed by atoms with E-state index in [0.717, 1.165) is 6.33 Å². The monoisotopic (exact) mass is 414 g/mol. The van der Waals surface area contributed by atoms with E-state index in [2.05, 4.69) is 20.8 Å². The van der Waals surface area contributed by atoms with Crippen LogP contribution in [0.25, 0.3) is 0 Å². The van der Waals surface area contributed by atoms with Crippen LogP contribution < -0.4 is 15.8 Å². The Balaban J connectivity index is 2.27. The lowest BCUT2D eigenvalue weighted by Crippen LogP contribution is -2.31. The fourth-order valence-electron chi connectivity index (χ4n) is 2.34. The number of nitro groups is 1. The fraction of sp³-hybridized carbons (Fsp3) is 0.235. The maximum atomic E-state index is 12.2. The molecule has 0 fully saturated rings. The summed E-state index contributed by atoms with van der Waals surface area (Å²) >= 11 is 5.78. The molecule has 0 aliphatic heterocycles. The van der Waals surface area contributed by atoms with Crippen molar-refractivity contribution in [2.75, 3.05) is 23.4 Å². The predicted octanol–water partition coefficient (Wildman–Crippen LogP) is 2.43. The molecular formula is C17H15ClN8O3. The van der Waals surface area contributed by atoms with Crippen LogP contribution in [0.1, 0.15) is 23.2 Å². The fourth-order valence-corrected chi connectivity index (χ4v) is 2.47. The summed E-state index contributed by atoms with van der Waals surface area (Å²) in [7, 11) is 0. The van der Waals surface area contributed by atoms with Crippen LogP contribution >= 0.6 is 11.6 Å². The number of nitriles is 2. The van der Waals surface area contributed by atoms with E-state index in [1.807, 2.05) is 12.1 Å². The van der Waals surface area contributed by atoms with Crippen molar-refractivity contribution in [1.82, 2.24) is 15.4 Å². The number of carbonyl (C=O) groups excluding carboxylic acids is 1. The molecule has 1 heterocycles. The average Bonchev–Trinajstić information content (AvgIpc) is 2.72. The van der Waals surface area contributed by atoms with Gasteiger partial charge in [-0.05, 0) is 24.3 Å². The summed E-state index contributed by atoms with van der Waals surface area (Å²) in [6.45, 7) is 0.291. The Kier molecular flexibility index (Phi) is 7.65. The van der Waals surface area contributed by atoms with E-state index in [1.165, 1.54) is 29.2 Å². The van der Waals surface area contributed by atoms with Crippen molar-refractivity contribution in [3.05, 3.63) is 51.3 Å². The van der Waals surface area contributed by atoms with Crippen LogP contribution in [0.4, 0.5) is 17.3 Å². The third-order valence-electron chi connectivity index (χ3n) is 3.67. The molecule has 2 N–H and O–H groups in total. The maximum absolute atomic E-state index is 12.2. The van der Waals surface area contributed by atoms with Crippen molar-refractivity contribution < 1.29 is 9.72 Å². The molecule has 1 amide bonds. The topological polar surface area (TPSA) is 161 Å². The van der Waals surface area contributed by atoms with E-state index in [9.17, 15) is 14.9 Å². The maximum Gasteiger partial charge on any atom is 0.355 e. The third-order valence-corrected chi connectivity index (χ3v) is 3.92. The van der Waals surface area contributed by atoms with Gasteiger partial charge in [-0.1, -0.05) is 11.6 Å². The SMILES string of the molecule is N#CCCN(CCC#N)c1ncnc(NNC(=O)c2ccc(Cl)cc2)c1[N+](=O)[O-]. The van der Waals surface area contributed by atoms with Crippen molar-refractivity contribution in [2.45, 2.75) is 12.8 Å². The molecular weight excluding hydrogens is 400 g/mol. The summed E-state index contributed by atoms with van der Waals surface area (Å²) in [6.07, 6.45) is 1.26. The van der Waals surface area contributed by atoms with Gasteiger partial charge < -0.3 is 4.90 Å². The van der Waals surface area contributed by atoms with Gasteiger partial charge in [-0.25, -0.2) is 9.97 Å². The Morgan fingerprint density at radius 3 is 2.34 bits per heavy atom. The summed E-state index contributed by atoms with van der Waals surface area (Å²) in [6, 6.07) is 9.94. The molecule has 29 heavy (non-hydrogen) atoms. The van der Waals surface area contributed by atoms with Crippen molar-refractivity contribution in [3.8, 4) is 12.1 Å². The van der Waals surface area contributed by atoms with Crippen LogP contribution in [0.5, 0.6) is 0 Å². The molecule has 0 radical (unpaired) electrons. The van der Waals surface area contributed by atoms with Crippen molar-refractivity contribution in [3.63, 3.8) is 0 Å². The first-order chi connectivity index (χ1) is 14.0. The van der Waals surface area contributed by atoms with Gasteiger partial charge in [-0.15, -0.1) is 0 Å². The molecule has 1 aromatic carbocycles. The number of carbonyl (C=O) groups is 1. The molecule has 2 aromatic rings. The second-order valence-electron chi connectivity index (χ2n) is 5.54. The number of aromatic nitrogens is 2. The molecule has 0 saturated carbocycles. The molecule has 0 saturated heterocycles. The minimum Gasteiger partial charge on any atom is -0.349 e. The largest absolute Gasteiger partial charge is 0.355 e. The van der Waals surface area contributed by atoms with E-state index in [4.69, 9.17) is 22.1 Å². The van der Waals surface area contributed by atoms with Gasteiger partial charge in [0.05, 0.1) is 29.9 Å². The molecule has 0 spiro atoms. The third kappa shape index (κ3) is 5.76. The lowest BCUT2D eigenvalue weighted by molar-refractivity contribution is -0.383. The number of hydrogen-bond acceptors (Lipinski definition) is 9. The summed E-state index contributed by atoms with van der Waals surface area (Å²) in [5.41, 5.74) is 4.56. The molecule has 0 aliphatic rings. The van der Waals surface area contributed by atoms with Crippen molar-refractivity contribution in [1.29, 1.82) is 10.5 Å². The summed E-state index contributed by atoms with van der Waals surface area (Å²) in [4.78, 5) is 32.4. The van der Waals surface area contributed by atoms with E-state index in [-0.39, 0.29) is 43.1 Å². The Morgan fingerprint density at radius 1 is 1.17 bits per heavy atom. The molecule has 0 atom stereocenters. The van der Waals surface area contributed by atoms with Gasteiger partial charge in [0, 0.05) is 23.7 Å². The van der Waals surface area contributed by atoms with Crippen molar-refractivity contribution in [2.24, 2.45) is 0 Å². The van der Waals surface area contributed by atoms with Gasteiger partial charge in [0.25, 0.3) is 5.91 Å². The Morgan fingerprint density at radius 2 is 1.79 bits per heavy atom. The number of hydrazine groups is 1. The number of anilines is 2. The molecule has 12 heteroatoms. The van der Waals surface area contributed by atoms with Gasteiger partial charge in [-0.3, -0.25) is 25.8 Å². The quantitative estimate of drug-likeness (QED) is 0.463. The number of halogens is 1. The normalized spacial score (nSPS) is 9.76. The zero-order valence-electron chi connectivity index (χ0n) is 15.0. The minimum absolute atomic E-state index is 0.0567. The van der Waals surface area contributed by atoms with Gasteiger partial charge in [0.1, 0.15) is 6.33 Å². The van der Waals surface area contributed by atoms with Crippen LogP contribution in [-0.2, 0) is 0 Å². The second-order valence-corrected chi connectivity index (χ2v) is 5.98. The van der Waals surface area contributed by atoms with E-state index in [0.29, 0.717) is 5.02 Å². The number of nitrogens with zero attached hydrogens (tertiary/aromatic N) is 6. The number of hydrogen-bond donors (Lipinski definition) is 2. The molecule has 148 valence electrons. The molecule has 0 unspecified atom stereocenters. The second kappa shape index (κ2) is 10.4. The number of rotatable bonds is 9. The van der Waals surface area contributed by atoms with Crippen LogP contribution in [-0.4, -0.2) is 33.9 Å². The Labute approximate surface area is 170 Å². The van der Waals surface area contributed by atoms with Crippen LogP contribution in [0.2, 0.25) is 5.02 Å². The van der Waals surface area contributed by atoms with Gasteiger partial charge in [0.15, 0.2) is 0 Å². The van der Waals surface area contributed by atoms with Crippen LogP contribution in [0, 0.1) is 32.8 Å². The minimum atomic E-state index is -0.697. The predicted molar refractivity (Wildman–Crippen MR) is 104 cm³/mol. The Bertz CT molecular complexity index is 950. The van der Waals surface area contributed by atoms with E-state index >= 15 is 0 Å². The molecule has 0 aliphatic carbocycles. The lowest BCUT2D eigenvalue weighted by atomic mass is 10.2. The highest BCUT2D eigenvalue weighted by Gasteiger charge is 2.27. The van der Waals surface area contributed by atoms with E-state index < -0.39 is 16.5 Å². The summed E-state index contributed by atoms with van der Waals surface area (Å²) in [5, 5.41) is 29.7. The number of amides is 1. The first kappa shape index (κ1) is 21.3. The van der Waals surface area contributed by atoms with Gasteiger partial charge in [0.2, 0.25) is 11.6 Å². The van der Waals surface area contributed by atoms with Crippen molar-refractivity contribution >= 4 is 34.8 Å². The van der Waals surface area contributed by atoms with Gasteiger partial charge in [-0.2, -0.15) is 10.5 Å². The highest BCUT2D eigenvalue weighted by molar-refractivity contribution is 6.30. The summed E-state index contributed by atoms with van der Waals surface area (Å²) < 4.78 is 0. The standard InChI is InChI=1S/C17H15ClN8O3/c18-13-5-3-12(4-6-13)17(27)24-23-15-14(26(28)29)16(22-11-21-15)25(9-1-7-19)10-2-8-20/h3-6,11H,1-2,9-10H2,(H,24,27)(H,21,22,23).